The summed E-state index contributed by atoms with van der Waals surface area (Å²) in [5, 5.41) is 15.2. The van der Waals surface area contributed by atoms with Crippen LogP contribution in [0.1, 0.15) is 30.5 Å². The van der Waals surface area contributed by atoms with Crippen LogP contribution in [0, 0.1) is 0 Å². The molecule has 1 aromatic heterocycles. The van der Waals surface area contributed by atoms with Gasteiger partial charge in [-0.05, 0) is 29.8 Å². The maximum absolute atomic E-state index is 12.1. The summed E-state index contributed by atoms with van der Waals surface area (Å²) in [7, 11) is 0. The van der Waals surface area contributed by atoms with Gasteiger partial charge >= 0.3 is 0 Å². The van der Waals surface area contributed by atoms with Crippen molar-refractivity contribution in [2.24, 2.45) is 0 Å². The Kier molecular flexibility index (Phi) is 5.11. The molecule has 0 aliphatic rings. The van der Waals surface area contributed by atoms with Crippen LogP contribution < -0.4 is 5.32 Å². The van der Waals surface area contributed by atoms with Gasteiger partial charge in [-0.1, -0.05) is 48.3 Å². The van der Waals surface area contributed by atoms with Gasteiger partial charge in [0, 0.05) is 28.6 Å². The topological polar surface area (TPSA) is 62.2 Å². The predicted molar refractivity (Wildman–Crippen MR) is 100 cm³/mol. The number of carbonyl (C=O) groups is 1. The Morgan fingerprint density at radius 3 is 2.64 bits per heavy atom. The molecule has 2 aromatic carbocycles. The molecule has 0 saturated heterocycles. The Labute approximate surface area is 155 Å². The second-order valence-electron chi connectivity index (χ2n) is 5.57. The lowest BCUT2D eigenvalue weighted by Gasteiger charge is -2.22. The van der Waals surface area contributed by atoms with Crippen LogP contribution in [0.25, 0.3) is 10.9 Å². The average molecular weight is 375 g/mol. The molecule has 1 heterocycles. The summed E-state index contributed by atoms with van der Waals surface area (Å²) in [5.41, 5.74) is 1.51. The molecule has 4 nitrogen and oxygen atoms in total. The van der Waals surface area contributed by atoms with E-state index >= 15 is 0 Å². The standard InChI is InChI=1S/C19H16Cl2N2O2/c1-2-16(24)23-17(11-6-3-4-8-14(11)20)13-10-15(21)12-7-5-9-22-18(12)19(13)25/h3-10,17,25H,2H2,1H3,(H,23,24)/t17-/m0/s1. The Morgan fingerprint density at radius 2 is 1.92 bits per heavy atom. The highest BCUT2D eigenvalue weighted by Crippen LogP contribution is 2.39. The van der Waals surface area contributed by atoms with Gasteiger partial charge in [0.15, 0.2) is 0 Å². The third-order valence-corrected chi connectivity index (χ3v) is 4.66. The van der Waals surface area contributed by atoms with E-state index in [0.29, 0.717) is 38.5 Å². The van der Waals surface area contributed by atoms with Crippen molar-refractivity contribution in [3.63, 3.8) is 0 Å². The fourth-order valence-electron chi connectivity index (χ4n) is 2.72. The van der Waals surface area contributed by atoms with Crippen molar-refractivity contribution in [3.05, 3.63) is 69.8 Å². The van der Waals surface area contributed by atoms with E-state index < -0.39 is 6.04 Å². The fourth-order valence-corrected chi connectivity index (χ4v) is 3.24. The van der Waals surface area contributed by atoms with Gasteiger partial charge < -0.3 is 10.4 Å². The van der Waals surface area contributed by atoms with Gasteiger partial charge in [0.05, 0.1) is 11.1 Å². The molecular formula is C19H16Cl2N2O2. The molecule has 0 aliphatic carbocycles. The van der Waals surface area contributed by atoms with E-state index in [1.165, 1.54) is 0 Å². The van der Waals surface area contributed by atoms with Gasteiger partial charge in [0.1, 0.15) is 11.3 Å². The molecular weight excluding hydrogens is 359 g/mol. The molecule has 0 fully saturated rings. The number of aromatic nitrogens is 1. The van der Waals surface area contributed by atoms with Crippen LogP contribution in [0.5, 0.6) is 5.75 Å². The second-order valence-corrected chi connectivity index (χ2v) is 6.39. The first kappa shape index (κ1) is 17.5. The van der Waals surface area contributed by atoms with Gasteiger partial charge in [-0.3, -0.25) is 9.78 Å². The molecule has 6 heteroatoms. The Balaban J connectivity index is 2.23. The molecule has 3 aromatic rings. The minimum atomic E-state index is -0.634. The van der Waals surface area contributed by atoms with Crippen LogP contribution in [0.4, 0.5) is 0 Å². The van der Waals surface area contributed by atoms with Gasteiger partial charge in [-0.25, -0.2) is 0 Å². The molecule has 1 atom stereocenters. The molecule has 0 aliphatic heterocycles. The number of aromatic hydroxyl groups is 1. The zero-order chi connectivity index (χ0) is 18.0. The van der Waals surface area contributed by atoms with Crippen molar-refractivity contribution in [2.45, 2.75) is 19.4 Å². The highest BCUT2D eigenvalue weighted by atomic mass is 35.5. The molecule has 0 saturated carbocycles. The largest absolute Gasteiger partial charge is 0.505 e. The fraction of sp³-hybridized carbons (Fsp3) is 0.158. The Bertz CT molecular complexity index is 944. The van der Waals surface area contributed by atoms with E-state index in [-0.39, 0.29) is 11.7 Å². The van der Waals surface area contributed by atoms with Gasteiger partial charge in [-0.2, -0.15) is 0 Å². The van der Waals surface area contributed by atoms with Crippen LogP contribution in [0.2, 0.25) is 10.0 Å². The third-order valence-electron chi connectivity index (χ3n) is 4.00. The molecule has 3 rings (SSSR count). The lowest BCUT2D eigenvalue weighted by Crippen LogP contribution is -2.29. The summed E-state index contributed by atoms with van der Waals surface area (Å²) in [4.78, 5) is 16.3. The number of phenols is 1. The number of benzene rings is 2. The summed E-state index contributed by atoms with van der Waals surface area (Å²) >= 11 is 12.7. The van der Waals surface area contributed by atoms with Crippen LogP contribution in [0.15, 0.2) is 48.7 Å². The molecule has 128 valence electrons. The molecule has 0 radical (unpaired) electrons. The maximum Gasteiger partial charge on any atom is 0.220 e. The van der Waals surface area contributed by atoms with Crippen LogP contribution in [-0.2, 0) is 4.79 Å². The molecule has 25 heavy (non-hydrogen) atoms. The molecule has 0 bridgehead atoms. The van der Waals surface area contributed by atoms with E-state index in [1.54, 1.807) is 49.5 Å². The lowest BCUT2D eigenvalue weighted by atomic mass is 9.96. The third kappa shape index (κ3) is 3.41. The average Bonchev–Trinajstić information content (AvgIpc) is 2.63. The van der Waals surface area contributed by atoms with Gasteiger partial charge in [0.2, 0.25) is 5.91 Å². The summed E-state index contributed by atoms with van der Waals surface area (Å²) in [6, 6.07) is 11.7. The molecule has 2 N–H and O–H groups in total. The van der Waals surface area contributed by atoms with Crippen molar-refractivity contribution in [2.75, 3.05) is 0 Å². The zero-order valence-corrected chi connectivity index (χ0v) is 15.0. The van der Waals surface area contributed by atoms with E-state index in [4.69, 9.17) is 23.2 Å². The summed E-state index contributed by atoms with van der Waals surface area (Å²) in [6.45, 7) is 1.76. The van der Waals surface area contributed by atoms with E-state index in [1.807, 2.05) is 6.07 Å². The Hall–Kier alpha value is -2.30. The summed E-state index contributed by atoms with van der Waals surface area (Å²) in [5.74, 6) is -0.192. The quantitative estimate of drug-likeness (QED) is 0.684. The number of rotatable bonds is 4. The number of pyridine rings is 1. The van der Waals surface area contributed by atoms with Crippen molar-refractivity contribution >= 4 is 40.0 Å². The number of fused-ring (bicyclic) bond motifs is 1. The number of carbonyl (C=O) groups excluding carboxylic acids is 1. The van der Waals surface area contributed by atoms with Crippen molar-refractivity contribution < 1.29 is 9.90 Å². The van der Waals surface area contributed by atoms with Crippen molar-refractivity contribution in [3.8, 4) is 5.75 Å². The molecule has 0 spiro atoms. The molecule has 1 amide bonds. The first-order valence-electron chi connectivity index (χ1n) is 7.82. The highest BCUT2D eigenvalue weighted by molar-refractivity contribution is 6.35. The first-order chi connectivity index (χ1) is 12.0. The van der Waals surface area contributed by atoms with Crippen molar-refractivity contribution in [1.82, 2.24) is 10.3 Å². The van der Waals surface area contributed by atoms with Gasteiger partial charge in [0.25, 0.3) is 0 Å². The second kappa shape index (κ2) is 7.30. The van der Waals surface area contributed by atoms with Crippen LogP contribution in [0.3, 0.4) is 0 Å². The molecule has 0 unspecified atom stereocenters. The Morgan fingerprint density at radius 1 is 1.16 bits per heavy atom. The minimum absolute atomic E-state index is 0.0266. The van der Waals surface area contributed by atoms with Crippen molar-refractivity contribution in [1.29, 1.82) is 0 Å². The zero-order valence-electron chi connectivity index (χ0n) is 13.5. The number of hydrogen-bond acceptors (Lipinski definition) is 3. The predicted octanol–water partition coefficient (Wildman–Crippen LogP) is 4.86. The minimum Gasteiger partial charge on any atom is -0.505 e. The number of nitrogens with one attached hydrogen (secondary N) is 1. The number of hydrogen-bond donors (Lipinski definition) is 2. The first-order valence-corrected chi connectivity index (χ1v) is 8.58. The summed E-state index contributed by atoms with van der Waals surface area (Å²) in [6.07, 6.45) is 1.89. The number of amides is 1. The van der Waals surface area contributed by atoms with Crippen LogP contribution >= 0.6 is 23.2 Å². The summed E-state index contributed by atoms with van der Waals surface area (Å²) < 4.78 is 0. The number of phenolic OH excluding ortho intramolecular Hbond substituents is 1. The maximum atomic E-state index is 12.1. The highest BCUT2D eigenvalue weighted by Gasteiger charge is 2.24. The van der Waals surface area contributed by atoms with Gasteiger partial charge in [-0.15, -0.1) is 0 Å². The monoisotopic (exact) mass is 374 g/mol. The normalized spacial score (nSPS) is 12.1. The smallest absolute Gasteiger partial charge is 0.220 e. The van der Waals surface area contributed by atoms with Crippen LogP contribution in [-0.4, -0.2) is 16.0 Å². The van der Waals surface area contributed by atoms with E-state index in [9.17, 15) is 9.90 Å². The SMILES string of the molecule is CCC(=O)N[C@@H](c1ccccc1Cl)c1cc(Cl)c2cccnc2c1O. The number of nitrogens with zero attached hydrogens (tertiary/aromatic N) is 1. The lowest BCUT2D eigenvalue weighted by molar-refractivity contribution is -0.121. The van der Waals surface area contributed by atoms with E-state index in [2.05, 4.69) is 10.3 Å². The van der Waals surface area contributed by atoms with E-state index in [0.717, 1.165) is 0 Å². The number of halogens is 2.